The van der Waals surface area contributed by atoms with E-state index < -0.39 is 0 Å². The lowest BCUT2D eigenvalue weighted by Crippen LogP contribution is -2.47. The third-order valence-corrected chi connectivity index (χ3v) is 4.33. The van der Waals surface area contributed by atoms with Gasteiger partial charge in [-0.05, 0) is 37.1 Å². The summed E-state index contributed by atoms with van der Waals surface area (Å²) in [4.78, 5) is 26.9. The topological polar surface area (TPSA) is 49.4 Å². The molecule has 0 spiro atoms. The molecule has 4 nitrogen and oxygen atoms in total. The Morgan fingerprint density at radius 2 is 1.87 bits per heavy atom. The van der Waals surface area contributed by atoms with Gasteiger partial charge in [0.15, 0.2) is 5.78 Å². The highest BCUT2D eigenvalue weighted by atomic mass is 16.2. The van der Waals surface area contributed by atoms with Gasteiger partial charge in [0.25, 0.3) is 0 Å². The maximum atomic E-state index is 12.9. The summed E-state index contributed by atoms with van der Waals surface area (Å²) in [6.45, 7) is 3.96. The highest BCUT2D eigenvalue weighted by molar-refractivity contribution is 6.12. The maximum Gasteiger partial charge on any atom is 0.326 e. The molecule has 1 atom stereocenters. The summed E-state index contributed by atoms with van der Waals surface area (Å²) in [7, 11) is 0. The van der Waals surface area contributed by atoms with Crippen LogP contribution in [0.25, 0.3) is 0 Å². The zero-order valence-corrected chi connectivity index (χ0v) is 13.4. The molecular formula is C19H20N2O2. The number of nitrogens with one attached hydrogen (secondary N) is 1. The SMILES string of the molecule is CCC1CC(=O)c2ccccc2N1C(=O)Nc1ccccc1C. The molecule has 2 aromatic rings. The fourth-order valence-corrected chi connectivity index (χ4v) is 3.02. The number of aryl methyl sites for hydroxylation is 1. The maximum absolute atomic E-state index is 12.9. The van der Waals surface area contributed by atoms with Crippen molar-refractivity contribution >= 4 is 23.2 Å². The number of urea groups is 1. The lowest BCUT2D eigenvalue weighted by atomic mass is 9.93. The number of benzene rings is 2. The molecule has 0 aromatic heterocycles. The molecule has 1 unspecified atom stereocenters. The number of carbonyl (C=O) groups is 2. The largest absolute Gasteiger partial charge is 0.326 e. The van der Waals surface area contributed by atoms with Gasteiger partial charge in [0.05, 0.1) is 5.69 Å². The van der Waals surface area contributed by atoms with Crippen LogP contribution in [-0.2, 0) is 0 Å². The summed E-state index contributed by atoms with van der Waals surface area (Å²) in [5.74, 6) is 0.104. The Kier molecular flexibility index (Phi) is 4.15. The minimum Gasteiger partial charge on any atom is -0.307 e. The second-order valence-corrected chi connectivity index (χ2v) is 5.82. The van der Waals surface area contributed by atoms with E-state index in [0.29, 0.717) is 17.7 Å². The van der Waals surface area contributed by atoms with Crippen LogP contribution in [0.15, 0.2) is 48.5 Å². The van der Waals surface area contributed by atoms with E-state index in [1.165, 1.54) is 0 Å². The van der Waals surface area contributed by atoms with Gasteiger partial charge in [-0.1, -0.05) is 37.3 Å². The van der Waals surface area contributed by atoms with Crippen LogP contribution in [-0.4, -0.2) is 17.9 Å². The Morgan fingerprint density at radius 1 is 1.17 bits per heavy atom. The quantitative estimate of drug-likeness (QED) is 0.894. The number of hydrogen-bond acceptors (Lipinski definition) is 2. The molecule has 0 aliphatic carbocycles. The average Bonchev–Trinajstić information content (AvgIpc) is 2.56. The van der Waals surface area contributed by atoms with Gasteiger partial charge in [-0.3, -0.25) is 9.69 Å². The van der Waals surface area contributed by atoms with E-state index in [1.807, 2.05) is 56.3 Å². The molecule has 0 saturated heterocycles. The van der Waals surface area contributed by atoms with Crippen molar-refractivity contribution < 1.29 is 9.59 Å². The van der Waals surface area contributed by atoms with Crippen molar-refractivity contribution in [2.24, 2.45) is 0 Å². The first kappa shape index (κ1) is 15.3. The summed E-state index contributed by atoms with van der Waals surface area (Å²) in [5, 5.41) is 2.98. The van der Waals surface area contributed by atoms with E-state index in [1.54, 1.807) is 11.0 Å². The molecule has 23 heavy (non-hydrogen) atoms. The van der Waals surface area contributed by atoms with Crippen molar-refractivity contribution in [2.45, 2.75) is 32.7 Å². The van der Waals surface area contributed by atoms with Gasteiger partial charge in [0.2, 0.25) is 0 Å². The van der Waals surface area contributed by atoms with E-state index in [9.17, 15) is 9.59 Å². The summed E-state index contributed by atoms with van der Waals surface area (Å²) in [5.41, 5.74) is 3.12. The zero-order valence-electron chi connectivity index (χ0n) is 13.4. The van der Waals surface area contributed by atoms with Crippen LogP contribution in [0.5, 0.6) is 0 Å². The highest BCUT2D eigenvalue weighted by Gasteiger charge is 2.34. The Bertz CT molecular complexity index is 755. The Balaban J connectivity index is 1.96. The van der Waals surface area contributed by atoms with E-state index in [0.717, 1.165) is 17.7 Å². The third-order valence-electron chi connectivity index (χ3n) is 4.33. The first-order valence-corrected chi connectivity index (χ1v) is 7.90. The van der Waals surface area contributed by atoms with Crippen LogP contribution < -0.4 is 10.2 Å². The molecule has 1 aliphatic heterocycles. The number of para-hydroxylation sites is 2. The van der Waals surface area contributed by atoms with E-state index >= 15 is 0 Å². The number of hydrogen-bond donors (Lipinski definition) is 1. The lowest BCUT2D eigenvalue weighted by molar-refractivity contribution is 0.0967. The van der Waals surface area contributed by atoms with Gasteiger partial charge >= 0.3 is 6.03 Å². The summed E-state index contributed by atoms with van der Waals surface area (Å²) in [6, 6.07) is 14.7. The third kappa shape index (κ3) is 2.84. The van der Waals surface area contributed by atoms with Crippen LogP contribution in [0, 0.1) is 6.92 Å². The standard InChI is InChI=1S/C19H20N2O2/c1-3-14-12-18(22)15-9-5-7-11-17(15)21(14)19(23)20-16-10-6-4-8-13(16)2/h4-11,14H,3,12H2,1-2H3,(H,20,23). The molecule has 2 amide bonds. The Morgan fingerprint density at radius 3 is 2.61 bits per heavy atom. The van der Waals surface area contributed by atoms with Crippen LogP contribution >= 0.6 is 0 Å². The number of fused-ring (bicyclic) bond motifs is 1. The van der Waals surface area contributed by atoms with Crippen LogP contribution in [0.1, 0.15) is 35.7 Å². The molecule has 4 heteroatoms. The molecule has 118 valence electrons. The number of anilines is 2. The smallest absolute Gasteiger partial charge is 0.307 e. The van der Waals surface area contributed by atoms with Crippen molar-refractivity contribution in [1.82, 2.24) is 0 Å². The predicted octanol–water partition coefficient (Wildman–Crippen LogP) is 4.40. The van der Waals surface area contributed by atoms with Gasteiger partial charge < -0.3 is 5.32 Å². The minimum atomic E-state index is -0.189. The van der Waals surface area contributed by atoms with Crippen LogP contribution in [0.4, 0.5) is 16.2 Å². The van der Waals surface area contributed by atoms with Crippen LogP contribution in [0.3, 0.4) is 0 Å². The number of amides is 2. The number of ketones is 1. The zero-order chi connectivity index (χ0) is 16.4. The van der Waals surface area contributed by atoms with Crippen molar-refractivity contribution in [2.75, 3.05) is 10.2 Å². The van der Waals surface area contributed by atoms with Crippen molar-refractivity contribution in [3.05, 3.63) is 59.7 Å². The number of carbonyl (C=O) groups excluding carboxylic acids is 2. The normalized spacial score (nSPS) is 16.9. The summed E-state index contributed by atoms with van der Waals surface area (Å²) < 4.78 is 0. The molecule has 0 fully saturated rings. The second kappa shape index (κ2) is 6.24. The summed E-state index contributed by atoms with van der Waals surface area (Å²) >= 11 is 0. The highest BCUT2D eigenvalue weighted by Crippen LogP contribution is 2.32. The first-order valence-electron chi connectivity index (χ1n) is 7.90. The van der Waals surface area contributed by atoms with Gasteiger partial charge in [-0.15, -0.1) is 0 Å². The predicted molar refractivity (Wildman–Crippen MR) is 92.1 cm³/mol. The molecule has 1 aliphatic rings. The first-order chi connectivity index (χ1) is 11.1. The van der Waals surface area contributed by atoms with Gasteiger partial charge in [0, 0.05) is 23.7 Å². The lowest BCUT2D eigenvalue weighted by Gasteiger charge is -2.36. The number of nitrogens with zero attached hydrogens (tertiary/aromatic N) is 1. The molecule has 3 rings (SSSR count). The molecule has 1 heterocycles. The van der Waals surface area contributed by atoms with Gasteiger partial charge in [0.1, 0.15) is 0 Å². The van der Waals surface area contributed by atoms with Gasteiger partial charge in [-0.25, -0.2) is 4.79 Å². The molecule has 0 bridgehead atoms. The van der Waals surface area contributed by atoms with E-state index in [2.05, 4.69) is 5.32 Å². The number of Topliss-reactive ketones (excluding diaryl/α,β-unsaturated/α-hetero) is 1. The second-order valence-electron chi connectivity index (χ2n) is 5.82. The number of rotatable bonds is 2. The monoisotopic (exact) mass is 308 g/mol. The van der Waals surface area contributed by atoms with E-state index in [-0.39, 0.29) is 17.9 Å². The van der Waals surface area contributed by atoms with Crippen molar-refractivity contribution in [3.8, 4) is 0 Å². The molecule has 2 aromatic carbocycles. The van der Waals surface area contributed by atoms with Crippen LogP contribution in [0.2, 0.25) is 0 Å². The molecule has 0 radical (unpaired) electrons. The minimum absolute atomic E-state index is 0.104. The van der Waals surface area contributed by atoms with Crippen molar-refractivity contribution in [3.63, 3.8) is 0 Å². The van der Waals surface area contributed by atoms with E-state index in [4.69, 9.17) is 0 Å². The van der Waals surface area contributed by atoms with Crippen molar-refractivity contribution in [1.29, 1.82) is 0 Å². The summed E-state index contributed by atoms with van der Waals surface area (Å²) in [6.07, 6.45) is 1.11. The Labute approximate surface area is 136 Å². The molecule has 0 saturated carbocycles. The average molecular weight is 308 g/mol. The van der Waals surface area contributed by atoms with Gasteiger partial charge in [-0.2, -0.15) is 0 Å². The fourth-order valence-electron chi connectivity index (χ4n) is 3.02. The Hall–Kier alpha value is -2.62. The molecule has 1 N–H and O–H groups in total. The molecular weight excluding hydrogens is 288 g/mol. The fraction of sp³-hybridized carbons (Fsp3) is 0.263.